The highest BCUT2D eigenvalue weighted by Crippen LogP contribution is 2.17. The highest BCUT2D eigenvalue weighted by molar-refractivity contribution is 5.76. The Morgan fingerprint density at radius 2 is 1.75 bits per heavy atom. The number of piperazine rings is 1. The SMILES string of the molecule is O=C(O)C(O)CNC(=O)N1CCN(CC(F)(F)F)CC1. The van der Waals surface area contributed by atoms with Crippen molar-refractivity contribution in [1.29, 1.82) is 0 Å². The Morgan fingerprint density at radius 1 is 1.20 bits per heavy atom. The number of nitrogens with one attached hydrogen (secondary N) is 1. The first-order chi connectivity index (χ1) is 9.19. The van der Waals surface area contributed by atoms with Gasteiger partial charge in [0.05, 0.1) is 13.1 Å². The molecule has 0 saturated carbocycles. The van der Waals surface area contributed by atoms with Crippen molar-refractivity contribution in [3.05, 3.63) is 0 Å². The molecule has 116 valence electrons. The Hall–Kier alpha value is -1.55. The smallest absolute Gasteiger partial charge is 0.401 e. The largest absolute Gasteiger partial charge is 0.479 e. The minimum Gasteiger partial charge on any atom is -0.479 e. The number of aliphatic hydroxyl groups is 1. The van der Waals surface area contributed by atoms with Gasteiger partial charge in [-0.15, -0.1) is 0 Å². The number of carboxylic acids is 1. The Balaban J connectivity index is 2.30. The topological polar surface area (TPSA) is 93.1 Å². The summed E-state index contributed by atoms with van der Waals surface area (Å²) in [6.45, 7) is -1.05. The van der Waals surface area contributed by atoms with Crippen LogP contribution in [0.1, 0.15) is 0 Å². The van der Waals surface area contributed by atoms with Crippen LogP contribution in [0.4, 0.5) is 18.0 Å². The third-order valence-corrected chi connectivity index (χ3v) is 2.79. The number of hydrogen-bond donors (Lipinski definition) is 3. The Morgan fingerprint density at radius 3 is 2.20 bits per heavy atom. The summed E-state index contributed by atoms with van der Waals surface area (Å²) < 4.78 is 36.5. The van der Waals surface area contributed by atoms with Gasteiger partial charge in [0.15, 0.2) is 6.10 Å². The molecule has 0 aromatic heterocycles. The first kappa shape index (κ1) is 16.5. The monoisotopic (exact) mass is 299 g/mol. The Bertz CT molecular complexity index is 356. The fraction of sp³-hybridized carbons (Fsp3) is 0.800. The van der Waals surface area contributed by atoms with E-state index in [0.29, 0.717) is 0 Å². The quantitative estimate of drug-likeness (QED) is 0.640. The number of alkyl halides is 3. The van der Waals surface area contributed by atoms with Crippen molar-refractivity contribution in [2.75, 3.05) is 39.3 Å². The number of hydrogen-bond acceptors (Lipinski definition) is 4. The lowest BCUT2D eigenvalue weighted by Crippen LogP contribution is -2.54. The molecule has 0 aromatic rings. The summed E-state index contributed by atoms with van der Waals surface area (Å²) in [7, 11) is 0. The third-order valence-electron chi connectivity index (χ3n) is 2.79. The predicted molar refractivity (Wildman–Crippen MR) is 61.1 cm³/mol. The first-order valence-electron chi connectivity index (χ1n) is 5.92. The minimum absolute atomic E-state index is 0.0917. The van der Waals surface area contributed by atoms with E-state index < -0.39 is 37.4 Å². The van der Waals surface area contributed by atoms with Gasteiger partial charge in [0, 0.05) is 26.2 Å². The molecule has 0 bridgehead atoms. The van der Waals surface area contributed by atoms with E-state index in [-0.39, 0.29) is 26.2 Å². The van der Waals surface area contributed by atoms with Crippen LogP contribution in [0.25, 0.3) is 0 Å². The molecule has 1 fully saturated rings. The summed E-state index contributed by atoms with van der Waals surface area (Å²) in [4.78, 5) is 24.4. The minimum atomic E-state index is -4.27. The lowest BCUT2D eigenvalue weighted by Gasteiger charge is -2.35. The number of aliphatic hydroxyl groups excluding tert-OH is 1. The van der Waals surface area contributed by atoms with Crippen LogP contribution in [0.5, 0.6) is 0 Å². The van der Waals surface area contributed by atoms with Gasteiger partial charge in [-0.05, 0) is 0 Å². The van der Waals surface area contributed by atoms with Crippen molar-refractivity contribution in [3.63, 3.8) is 0 Å². The zero-order valence-corrected chi connectivity index (χ0v) is 10.6. The highest BCUT2D eigenvalue weighted by Gasteiger charge is 2.32. The van der Waals surface area contributed by atoms with Gasteiger partial charge in [-0.1, -0.05) is 0 Å². The van der Waals surface area contributed by atoms with Crippen LogP contribution >= 0.6 is 0 Å². The van der Waals surface area contributed by atoms with Gasteiger partial charge in [-0.2, -0.15) is 13.2 Å². The van der Waals surface area contributed by atoms with E-state index in [0.717, 1.165) is 0 Å². The number of amides is 2. The van der Waals surface area contributed by atoms with Crippen LogP contribution in [0.15, 0.2) is 0 Å². The van der Waals surface area contributed by atoms with Crippen molar-refractivity contribution in [1.82, 2.24) is 15.1 Å². The summed E-state index contributed by atoms with van der Waals surface area (Å²) in [5.74, 6) is -1.46. The second kappa shape index (κ2) is 6.75. The molecule has 7 nitrogen and oxygen atoms in total. The van der Waals surface area contributed by atoms with Crippen LogP contribution in [0, 0.1) is 0 Å². The molecule has 1 heterocycles. The summed E-state index contributed by atoms with van der Waals surface area (Å²) in [5.41, 5.74) is 0. The van der Waals surface area contributed by atoms with E-state index in [4.69, 9.17) is 10.2 Å². The maximum atomic E-state index is 12.2. The molecular weight excluding hydrogens is 283 g/mol. The molecule has 0 spiro atoms. The second-order valence-electron chi connectivity index (χ2n) is 4.42. The zero-order chi connectivity index (χ0) is 15.3. The molecule has 2 amide bonds. The Labute approximate surface area is 112 Å². The molecule has 3 N–H and O–H groups in total. The molecule has 1 aliphatic heterocycles. The van der Waals surface area contributed by atoms with Gasteiger partial charge in [0.1, 0.15) is 0 Å². The average molecular weight is 299 g/mol. The van der Waals surface area contributed by atoms with Gasteiger partial charge in [-0.25, -0.2) is 9.59 Å². The van der Waals surface area contributed by atoms with E-state index in [1.54, 1.807) is 0 Å². The molecule has 0 aliphatic carbocycles. The third kappa shape index (κ3) is 5.61. The molecule has 10 heteroatoms. The molecular formula is C10H16F3N3O4. The van der Waals surface area contributed by atoms with E-state index in [9.17, 15) is 22.8 Å². The molecule has 0 radical (unpaired) electrons. The zero-order valence-electron chi connectivity index (χ0n) is 10.6. The van der Waals surface area contributed by atoms with Crippen LogP contribution in [0.2, 0.25) is 0 Å². The standard InChI is InChI=1S/C10H16F3N3O4/c11-10(12,13)6-15-1-3-16(4-2-15)9(20)14-5-7(17)8(18)19/h7,17H,1-6H2,(H,14,20)(H,18,19). The molecule has 1 atom stereocenters. The number of carbonyl (C=O) groups is 2. The highest BCUT2D eigenvalue weighted by atomic mass is 19.4. The van der Waals surface area contributed by atoms with E-state index in [1.807, 2.05) is 0 Å². The molecule has 0 aromatic carbocycles. The summed E-state index contributed by atoms with van der Waals surface area (Å²) >= 11 is 0. The van der Waals surface area contributed by atoms with Gasteiger partial charge < -0.3 is 20.4 Å². The number of nitrogens with zero attached hydrogens (tertiary/aromatic N) is 2. The van der Waals surface area contributed by atoms with Gasteiger partial charge >= 0.3 is 18.2 Å². The summed E-state index contributed by atoms with van der Waals surface area (Å²) in [5, 5.41) is 19.6. The number of carboxylic acid groups (broad SMARTS) is 1. The maximum Gasteiger partial charge on any atom is 0.401 e. The number of rotatable bonds is 4. The molecule has 1 rings (SSSR count). The van der Waals surface area contributed by atoms with E-state index in [1.165, 1.54) is 9.80 Å². The van der Waals surface area contributed by atoms with E-state index in [2.05, 4.69) is 5.32 Å². The van der Waals surface area contributed by atoms with Crippen molar-refractivity contribution in [3.8, 4) is 0 Å². The van der Waals surface area contributed by atoms with Gasteiger partial charge in [0.25, 0.3) is 0 Å². The molecule has 1 aliphatic rings. The number of carbonyl (C=O) groups excluding carboxylic acids is 1. The van der Waals surface area contributed by atoms with Gasteiger partial charge in [0.2, 0.25) is 0 Å². The van der Waals surface area contributed by atoms with Crippen molar-refractivity contribution >= 4 is 12.0 Å². The molecule has 20 heavy (non-hydrogen) atoms. The lowest BCUT2D eigenvalue weighted by atomic mass is 10.3. The molecule has 1 unspecified atom stereocenters. The van der Waals surface area contributed by atoms with Crippen LogP contribution in [0.3, 0.4) is 0 Å². The van der Waals surface area contributed by atoms with E-state index >= 15 is 0 Å². The fourth-order valence-corrected chi connectivity index (χ4v) is 1.75. The van der Waals surface area contributed by atoms with Crippen LogP contribution < -0.4 is 5.32 Å². The summed E-state index contributed by atoms with van der Waals surface area (Å²) in [6, 6.07) is -0.600. The van der Waals surface area contributed by atoms with Crippen LogP contribution in [-0.4, -0.2) is 83.6 Å². The first-order valence-corrected chi connectivity index (χ1v) is 5.92. The molecule has 1 saturated heterocycles. The lowest BCUT2D eigenvalue weighted by molar-refractivity contribution is -0.148. The second-order valence-corrected chi connectivity index (χ2v) is 4.42. The predicted octanol–water partition coefficient (Wildman–Crippen LogP) is -0.679. The normalized spacial score (nSPS) is 18.7. The maximum absolute atomic E-state index is 12.2. The Kier molecular flexibility index (Phi) is 5.57. The summed E-state index contributed by atoms with van der Waals surface area (Å²) in [6.07, 6.45) is -5.97. The van der Waals surface area contributed by atoms with Crippen molar-refractivity contribution < 1.29 is 33.0 Å². The van der Waals surface area contributed by atoms with Crippen LogP contribution in [-0.2, 0) is 4.79 Å². The fourth-order valence-electron chi connectivity index (χ4n) is 1.75. The van der Waals surface area contributed by atoms with Crippen molar-refractivity contribution in [2.24, 2.45) is 0 Å². The average Bonchev–Trinajstić information content (AvgIpc) is 2.34. The van der Waals surface area contributed by atoms with Gasteiger partial charge in [-0.3, -0.25) is 4.90 Å². The van der Waals surface area contributed by atoms with Crippen molar-refractivity contribution in [2.45, 2.75) is 12.3 Å². The number of halogens is 3. The number of aliphatic carboxylic acids is 1. The number of urea groups is 1.